The summed E-state index contributed by atoms with van der Waals surface area (Å²) in [7, 11) is 0. The number of rotatable bonds is 3. The number of nitrogens with zero attached hydrogens (tertiary/aromatic N) is 3. The van der Waals surface area contributed by atoms with Crippen molar-refractivity contribution in [3.63, 3.8) is 0 Å². The first kappa shape index (κ1) is 15.2. The summed E-state index contributed by atoms with van der Waals surface area (Å²) in [6.07, 6.45) is 2.19. The Bertz CT molecular complexity index is 456. The summed E-state index contributed by atoms with van der Waals surface area (Å²) in [6.45, 7) is 13.9. The number of anilines is 1. The molecule has 0 aliphatic carbocycles. The molecule has 5 nitrogen and oxygen atoms in total. The fourth-order valence-electron chi connectivity index (χ4n) is 2.17. The van der Waals surface area contributed by atoms with Gasteiger partial charge in [0.2, 0.25) is 5.95 Å². The molecule has 0 spiro atoms. The van der Waals surface area contributed by atoms with Gasteiger partial charge in [0, 0.05) is 42.6 Å². The molecule has 5 heteroatoms. The summed E-state index contributed by atoms with van der Waals surface area (Å²) in [4.78, 5) is 11.4. The van der Waals surface area contributed by atoms with Crippen LogP contribution in [0, 0.1) is 6.92 Å². The van der Waals surface area contributed by atoms with E-state index in [-0.39, 0.29) is 11.6 Å². The minimum Gasteiger partial charge on any atom is -0.375 e. The molecule has 0 amide bonds. The Balaban J connectivity index is 2.05. The molecule has 1 unspecified atom stereocenters. The number of ether oxygens (including phenoxy) is 1. The Labute approximate surface area is 121 Å². The highest BCUT2D eigenvalue weighted by Crippen LogP contribution is 2.15. The van der Waals surface area contributed by atoms with Crippen LogP contribution in [0.4, 0.5) is 5.95 Å². The van der Waals surface area contributed by atoms with Crippen LogP contribution < -0.4 is 10.2 Å². The third-order valence-corrected chi connectivity index (χ3v) is 3.40. The standard InChI is InChI=1S/C15H26N4O/c1-11-10-19(6-7-20-11)14-16-8-13(12(2)18-14)9-17-15(3,4)5/h8,11,17H,6-7,9-10H2,1-5H3. The van der Waals surface area contributed by atoms with Gasteiger partial charge in [-0.05, 0) is 34.6 Å². The van der Waals surface area contributed by atoms with Crippen LogP contribution >= 0.6 is 0 Å². The van der Waals surface area contributed by atoms with Gasteiger partial charge in [0.1, 0.15) is 0 Å². The molecule has 1 saturated heterocycles. The zero-order chi connectivity index (χ0) is 14.8. The van der Waals surface area contributed by atoms with Crippen molar-refractivity contribution in [1.82, 2.24) is 15.3 Å². The second-order valence-corrected chi connectivity index (χ2v) is 6.51. The Hall–Kier alpha value is -1.20. The molecule has 0 bridgehead atoms. The lowest BCUT2D eigenvalue weighted by atomic mass is 10.1. The summed E-state index contributed by atoms with van der Waals surface area (Å²) in [5.41, 5.74) is 2.31. The molecule has 1 aromatic rings. The number of hydrogen-bond donors (Lipinski definition) is 1. The molecule has 0 radical (unpaired) electrons. The van der Waals surface area contributed by atoms with Crippen molar-refractivity contribution in [3.05, 3.63) is 17.5 Å². The highest BCUT2D eigenvalue weighted by molar-refractivity contribution is 5.33. The second kappa shape index (κ2) is 6.06. The fraction of sp³-hybridized carbons (Fsp3) is 0.733. The minimum absolute atomic E-state index is 0.102. The zero-order valence-corrected chi connectivity index (χ0v) is 13.2. The summed E-state index contributed by atoms with van der Waals surface area (Å²) >= 11 is 0. The monoisotopic (exact) mass is 278 g/mol. The van der Waals surface area contributed by atoms with E-state index >= 15 is 0 Å². The van der Waals surface area contributed by atoms with E-state index in [1.807, 2.05) is 6.20 Å². The van der Waals surface area contributed by atoms with Gasteiger partial charge >= 0.3 is 0 Å². The number of aromatic nitrogens is 2. The molecule has 1 aliphatic heterocycles. The van der Waals surface area contributed by atoms with E-state index in [0.29, 0.717) is 0 Å². The molecular weight excluding hydrogens is 252 g/mol. The highest BCUT2D eigenvalue weighted by atomic mass is 16.5. The van der Waals surface area contributed by atoms with Gasteiger partial charge in [0.25, 0.3) is 0 Å². The van der Waals surface area contributed by atoms with Crippen molar-refractivity contribution in [3.8, 4) is 0 Å². The number of morpholine rings is 1. The van der Waals surface area contributed by atoms with E-state index in [1.54, 1.807) is 0 Å². The lowest BCUT2D eigenvalue weighted by molar-refractivity contribution is 0.0526. The van der Waals surface area contributed by atoms with Gasteiger partial charge in [-0.3, -0.25) is 0 Å². The molecular formula is C15H26N4O. The lowest BCUT2D eigenvalue weighted by Gasteiger charge is -2.31. The van der Waals surface area contributed by atoms with Crippen LogP contribution in [0.25, 0.3) is 0 Å². The maximum atomic E-state index is 5.55. The first-order valence-electron chi connectivity index (χ1n) is 7.29. The summed E-state index contributed by atoms with van der Waals surface area (Å²) < 4.78 is 5.55. The van der Waals surface area contributed by atoms with E-state index in [4.69, 9.17) is 4.74 Å². The second-order valence-electron chi connectivity index (χ2n) is 6.51. The topological polar surface area (TPSA) is 50.3 Å². The van der Waals surface area contributed by atoms with Crippen LogP contribution in [-0.4, -0.2) is 41.3 Å². The Morgan fingerprint density at radius 3 is 2.80 bits per heavy atom. The predicted octanol–water partition coefficient (Wildman–Crippen LogP) is 1.90. The zero-order valence-electron chi connectivity index (χ0n) is 13.2. The largest absolute Gasteiger partial charge is 0.375 e. The van der Waals surface area contributed by atoms with Crippen molar-refractivity contribution < 1.29 is 4.74 Å². The maximum Gasteiger partial charge on any atom is 0.225 e. The van der Waals surface area contributed by atoms with Gasteiger partial charge in [0.15, 0.2) is 0 Å². The first-order chi connectivity index (χ1) is 9.35. The van der Waals surface area contributed by atoms with Crippen molar-refractivity contribution in [2.24, 2.45) is 0 Å². The molecule has 1 N–H and O–H groups in total. The average Bonchev–Trinajstić information content (AvgIpc) is 2.36. The third kappa shape index (κ3) is 4.15. The summed E-state index contributed by atoms with van der Waals surface area (Å²) in [5.74, 6) is 0.817. The number of nitrogens with one attached hydrogen (secondary N) is 1. The van der Waals surface area contributed by atoms with Crippen molar-refractivity contribution in [1.29, 1.82) is 0 Å². The van der Waals surface area contributed by atoms with Crippen LogP contribution in [-0.2, 0) is 11.3 Å². The predicted molar refractivity (Wildman–Crippen MR) is 81.0 cm³/mol. The van der Waals surface area contributed by atoms with Gasteiger partial charge < -0.3 is 15.0 Å². The van der Waals surface area contributed by atoms with Crippen molar-refractivity contribution >= 4 is 5.95 Å². The van der Waals surface area contributed by atoms with Gasteiger partial charge in [-0.25, -0.2) is 9.97 Å². The molecule has 0 saturated carbocycles. The van der Waals surface area contributed by atoms with Gasteiger partial charge in [-0.15, -0.1) is 0 Å². The highest BCUT2D eigenvalue weighted by Gasteiger charge is 2.19. The molecule has 1 aromatic heterocycles. The van der Waals surface area contributed by atoms with Crippen LogP contribution in [0.1, 0.15) is 39.0 Å². The Kier molecular flexibility index (Phi) is 4.60. The van der Waals surface area contributed by atoms with Gasteiger partial charge in [-0.2, -0.15) is 0 Å². The first-order valence-corrected chi connectivity index (χ1v) is 7.29. The van der Waals surface area contributed by atoms with E-state index in [0.717, 1.165) is 43.4 Å². The fourth-order valence-corrected chi connectivity index (χ4v) is 2.17. The number of aryl methyl sites for hydroxylation is 1. The summed E-state index contributed by atoms with van der Waals surface area (Å²) in [5, 5.41) is 3.47. The SMILES string of the molecule is Cc1nc(N2CCOC(C)C2)ncc1CNC(C)(C)C. The number of hydrogen-bond acceptors (Lipinski definition) is 5. The molecule has 20 heavy (non-hydrogen) atoms. The van der Waals surface area contributed by atoms with Crippen LogP contribution in [0.3, 0.4) is 0 Å². The maximum absolute atomic E-state index is 5.55. The molecule has 0 aromatic carbocycles. The van der Waals surface area contributed by atoms with Crippen LogP contribution in [0.15, 0.2) is 6.20 Å². The van der Waals surface area contributed by atoms with E-state index in [9.17, 15) is 0 Å². The van der Waals surface area contributed by atoms with E-state index in [1.165, 1.54) is 0 Å². The molecule has 112 valence electrons. The Morgan fingerprint density at radius 2 is 2.20 bits per heavy atom. The van der Waals surface area contributed by atoms with Crippen LogP contribution in [0.5, 0.6) is 0 Å². The molecule has 1 atom stereocenters. The molecule has 2 rings (SSSR count). The lowest BCUT2D eigenvalue weighted by Crippen LogP contribution is -2.42. The third-order valence-electron chi connectivity index (χ3n) is 3.40. The minimum atomic E-state index is 0.102. The van der Waals surface area contributed by atoms with Crippen LogP contribution in [0.2, 0.25) is 0 Å². The Morgan fingerprint density at radius 1 is 1.45 bits per heavy atom. The van der Waals surface area contributed by atoms with Crippen molar-refractivity contribution in [2.75, 3.05) is 24.6 Å². The molecule has 1 aliphatic rings. The van der Waals surface area contributed by atoms with E-state index < -0.39 is 0 Å². The quantitative estimate of drug-likeness (QED) is 0.915. The molecule has 2 heterocycles. The smallest absolute Gasteiger partial charge is 0.225 e. The van der Waals surface area contributed by atoms with Crippen molar-refractivity contribution in [2.45, 2.75) is 52.8 Å². The van der Waals surface area contributed by atoms with Gasteiger partial charge in [-0.1, -0.05) is 0 Å². The molecule has 1 fully saturated rings. The van der Waals surface area contributed by atoms with Gasteiger partial charge in [0.05, 0.1) is 12.7 Å². The summed E-state index contributed by atoms with van der Waals surface area (Å²) in [6, 6.07) is 0. The van der Waals surface area contributed by atoms with E-state index in [2.05, 4.69) is 54.8 Å². The average molecular weight is 278 g/mol. The normalized spacial score (nSPS) is 20.2.